The second kappa shape index (κ2) is 6.89. The van der Waals surface area contributed by atoms with E-state index in [-0.39, 0.29) is 11.9 Å². The van der Waals surface area contributed by atoms with Crippen molar-refractivity contribution in [3.8, 4) is 0 Å². The minimum absolute atomic E-state index is 0.0550. The fraction of sp³-hybridized carbons (Fsp3) is 0.312. The van der Waals surface area contributed by atoms with Gasteiger partial charge in [-0.3, -0.25) is 4.79 Å². The van der Waals surface area contributed by atoms with E-state index in [1.54, 1.807) is 7.11 Å². The summed E-state index contributed by atoms with van der Waals surface area (Å²) in [6.07, 6.45) is 0. The van der Waals surface area contributed by atoms with Gasteiger partial charge >= 0.3 is 0 Å². The summed E-state index contributed by atoms with van der Waals surface area (Å²) in [7, 11) is 1.64. The SMILES string of the molecule is COCc1ccc(C(=O)N[C@H](C)Cn2nnc3ccccc32)s1. The molecule has 0 saturated carbocycles. The molecule has 23 heavy (non-hydrogen) atoms. The third-order valence-electron chi connectivity index (χ3n) is 3.42. The van der Waals surface area contributed by atoms with E-state index in [1.165, 1.54) is 11.3 Å². The predicted octanol–water partition coefficient (Wildman–Crippen LogP) is 2.46. The number of carbonyl (C=O) groups is 1. The maximum Gasteiger partial charge on any atom is 0.261 e. The highest BCUT2D eigenvalue weighted by Gasteiger charge is 2.14. The van der Waals surface area contributed by atoms with E-state index in [2.05, 4.69) is 15.6 Å². The van der Waals surface area contributed by atoms with Crippen LogP contribution < -0.4 is 5.32 Å². The van der Waals surface area contributed by atoms with Crippen molar-refractivity contribution in [2.24, 2.45) is 0 Å². The van der Waals surface area contributed by atoms with Crippen LogP contribution in [0.25, 0.3) is 11.0 Å². The average molecular weight is 330 g/mol. The van der Waals surface area contributed by atoms with Crippen LogP contribution in [0.15, 0.2) is 36.4 Å². The molecular weight excluding hydrogens is 312 g/mol. The van der Waals surface area contributed by atoms with Gasteiger partial charge in [0.15, 0.2) is 0 Å². The number of amides is 1. The van der Waals surface area contributed by atoms with Gasteiger partial charge in [-0.1, -0.05) is 17.3 Å². The van der Waals surface area contributed by atoms with Crippen molar-refractivity contribution in [1.29, 1.82) is 0 Å². The van der Waals surface area contributed by atoms with Gasteiger partial charge in [0.25, 0.3) is 5.91 Å². The fourth-order valence-corrected chi connectivity index (χ4v) is 3.25. The van der Waals surface area contributed by atoms with Crippen LogP contribution in [0, 0.1) is 0 Å². The van der Waals surface area contributed by atoms with Gasteiger partial charge in [-0.25, -0.2) is 4.68 Å². The number of aromatic nitrogens is 3. The van der Waals surface area contributed by atoms with E-state index in [0.29, 0.717) is 18.0 Å². The summed E-state index contributed by atoms with van der Waals surface area (Å²) in [5.74, 6) is -0.0747. The Labute approximate surface area is 138 Å². The Kier molecular flexibility index (Phi) is 4.68. The quantitative estimate of drug-likeness (QED) is 0.754. The molecule has 7 heteroatoms. The van der Waals surface area contributed by atoms with Crippen LogP contribution in [0.2, 0.25) is 0 Å². The number of thiophene rings is 1. The average Bonchev–Trinajstić information content (AvgIpc) is 3.15. The van der Waals surface area contributed by atoms with Crippen molar-refractivity contribution in [1.82, 2.24) is 20.3 Å². The van der Waals surface area contributed by atoms with E-state index in [1.807, 2.05) is 48.0 Å². The van der Waals surface area contributed by atoms with E-state index in [0.717, 1.165) is 15.9 Å². The molecule has 0 aliphatic rings. The van der Waals surface area contributed by atoms with Crippen LogP contribution >= 0.6 is 11.3 Å². The maximum absolute atomic E-state index is 12.3. The molecule has 0 spiro atoms. The molecule has 0 unspecified atom stereocenters. The summed E-state index contributed by atoms with van der Waals surface area (Å²) in [5, 5.41) is 11.3. The molecule has 2 heterocycles. The maximum atomic E-state index is 12.3. The first-order chi connectivity index (χ1) is 11.2. The largest absolute Gasteiger partial charge is 0.379 e. The standard InChI is InChI=1S/C16H18N4O2S/c1-11(9-20-14-6-4-3-5-13(14)18-19-20)17-16(21)15-8-7-12(23-15)10-22-2/h3-8,11H,9-10H2,1-2H3,(H,17,21)/t11-/m1/s1. The first kappa shape index (κ1) is 15.6. The number of hydrogen-bond acceptors (Lipinski definition) is 5. The number of nitrogens with one attached hydrogen (secondary N) is 1. The number of rotatable bonds is 6. The minimum Gasteiger partial charge on any atom is -0.379 e. The molecule has 0 saturated heterocycles. The second-order valence-electron chi connectivity index (χ2n) is 5.33. The Morgan fingerprint density at radius 1 is 1.35 bits per heavy atom. The lowest BCUT2D eigenvalue weighted by atomic mass is 10.3. The summed E-state index contributed by atoms with van der Waals surface area (Å²) in [6, 6.07) is 11.5. The zero-order valence-corrected chi connectivity index (χ0v) is 13.8. The Morgan fingerprint density at radius 2 is 2.17 bits per heavy atom. The molecule has 0 aliphatic heterocycles. The van der Waals surface area contributed by atoms with Crippen molar-refractivity contribution in [3.63, 3.8) is 0 Å². The lowest BCUT2D eigenvalue weighted by molar-refractivity contribution is 0.0940. The van der Waals surface area contributed by atoms with E-state index in [4.69, 9.17) is 4.74 Å². The highest BCUT2D eigenvalue weighted by Crippen LogP contribution is 2.17. The van der Waals surface area contributed by atoms with Crippen molar-refractivity contribution < 1.29 is 9.53 Å². The Balaban J connectivity index is 1.64. The number of ether oxygens (including phenoxy) is 1. The van der Waals surface area contributed by atoms with Gasteiger partial charge in [-0.2, -0.15) is 0 Å². The van der Waals surface area contributed by atoms with Crippen molar-refractivity contribution >= 4 is 28.3 Å². The molecule has 1 N–H and O–H groups in total. The van der Waals surface area contributed by atoms with Crippen LogP contribution in [0.5, 0.6) is 0 Å². The lowest BCUT2D eigenvalue weighted by Crippen LogP contribution is -2.35. The van der Waals surface area contributed by atoms with Gasteiger partial charge in [-0.05, 0) is 31.2 Å². The molecule has 0 bridgehead atoms. The molecule has 0 fully saturated rings. The molecule has 0 aliphatic carbocycles. The van der Waals surface area contributed by atoms with Crippen LogP contribution in [0.4, 0.5) is 0 Å². The molecular formula is C16H18N4O2S. The number of methoxy groups -OCH3 is 1. The number of benzene rings is 1. The zero-order valence-electron chi connectivity index (χ0n) is 13.0. The monoisotopic (exact) mass is 330 g/mol. The van der Waals surface area contributed by atoms with Crippen molar-refractivity contribution in [2.45, 2.75) is 26.1 Å². The summed E-state index contributed by atoms with van der Waals surface area (Å²) in [6.45, 7) is 3.05. The molecule has 3 aromatic rings. The van der Waals surface area contributed by atoms with Crippen molar-refractivity contribution in [3.05, 3.63) is 46.2 Å². The molecule has 1 atom stereocenters. The molecule has 1 aromatic carbocycles. The number of carbonyl (C=O) groups excluding carboxylic acids is 1. The molecule has 3 rings (SSSR count). The van der Waals surface area contributed by atoms with Gasteiger partial charge in [-0.15, -0.1) is 16.4 Å². The summed E-state index contributed by atoms with van der Waals surface area (Å²) in [5.41, 5.74) is 1.82. The smallest absolute Gasteiger partial charge is 0.261 e. The van der Waals surface area contributed by atoms with Gasteiger partial charge in [0, 0.05) is 18.0 Å². The third kappa shape index (κ3) is 3.57. The van der Waals surface area contributed by atoms with E-state index < -0.39 is 0 Å². The number of para-hydroxylation sites is 1. The number of hydrogen-bond donors (Lipinski definition) is 1. The summed E-state index contributed by atoms with van der Waals surface area (Å²) >= 11 is 1.45. The molecule has 6 nitrogen and oxygen atoms in total. The number of nitrogens with zero attached hydrogens (tertiary/aromatic N) is 3. The van der Waals surface area contributed by atoms with Crippen LogP contribution in [0.3, 0.4) is 0 Å². The highest BCUT2D eigenvalue weighted by atomic mass is 32.1. The Bertz CT molecular complexity index is 811. The van der Waals surface area contributed by atoms with Crippen LogP contribution in [-0.2, 0) is 17.9 Å². The van der Waals surface area contributed by atoms with E-state index >= 15 is 0 Å². The highest BCUT2D eigenvalue weighted by molar-refractivity contribution is 7.14. The van der Waals surface area contributed by atoms with Crippen LogP contribution in [-0.4, -0.2) is 34.1 Å². The van der Waals surface area contributed by atoms with Gasteiger partial charge in [0.2, 0.25) is 0 Å². The summed E-state index contributed by atoms with van der Waals surface area (Å²) < 4.78 is 6.88. The second-order valence-corrected chi connectivity index (χ2v) is 6.50. The Morgan fingerprint density at radius 3 is 3.00 bits per heavy atom. The van der Waals surface area contributed by atoms with Gasteiger partial charge < -0.3 is 10.1 Å². The Hall–Kier alpha value is -2.25. The predicted molar refractivity (Wildman–Crippen MR) is 89.5 cm³/mol. The first-order valence-electron chi connectivity index (χ1n) is 7.34. The molecule has 120 valence electrons. The van der Waals surface area contributed by atoms with Crippen molar-refractivity contribution in [2.75, 3.05) is 7.11 Å². The van der Waals surface area contributed by atoms with E-state index in [9.17, 15) is 4.79 Å². The fourth-order valence-electron chi connectivity index (χ4n) is 2.37. The molecule has 1 amide bonds. The zero-order chi connectivity index (χ0) is 16.2. The summed E-state index contributed by atoms with van der Waals surface area (Å²) in [4.78, 5) is 14.0. The molecule has 2 aromatic heterocycles. The normalized spacial score (nSPS) is 12.4. The van der Waals surface area contributed by atoms with Gasteiger partial charge in [0.1, 0.15) is 5.52 Å². The lowest BCUT2D eigenvalue weighted by Gasteiger charge is -2.13. The van der Waals surface area contributed by atoms with Gasteiger partial charge in [0.05, 0.1) is 23.5 Å². The topological polar surface area (TPSA) is 69.0 Å². The van der Waals surface area contributed by atoms with Crippen LogP contribution in [0.1, 0.15) is 21.5 Å². The third-order valence-corrected chi connectivity index (χ3v) is 4.47. The first-order valence-corrected chi connectivity index (χ1v) is 8.16. The number of fused-ring (bicyclic) bond motifs is 1. The minimum atomic E-state index is -0.0747. The molecule has 0 radical (unpaired) electrons.